The van der Waals surface area contributed by atoms with Crippen LogP contribution in [0.25, 0.3) is 0 Å². The molecule has 5 unspecified atom stereocenters. The Morgan fingerprint density at radius 3 is 1.19 bits per heavy atom. The fraction of sp³-hybridized carbons (Fsp3) is 0.667. The van der Waals surface area contributed by atoms with E-state index < -0.39 is 105 Å². The first-order valence-corrected chi connectivity index (χ1v) is 17.2. The summed E-state index contributed by atoms with van der Waals surface area (Å²) in [6, 6.07) is 0. The SMILES string of the molecule is CC=CC(=O)OCC(O)CC(O)(CCC(O)OC(CCCO)(CC(O)COC(=O)C=CC)CC(O)COC(=O)C=CC)CC(O)COC(=O)C=CC. The maximum absolute atomic E-state index is 11.8. The first-order valence-electron chi connectivity index (χ1n) is 17.2. The summed E-state index contributed by atoms with van der Waals surface area (Å²) in [6.07, 6.45) is 0.744. The molecule has 16 heteroatoms. The van der Waals surface area contributed by atoms with Crippen LogP contribution in [-0.2, 0) is 42.9 Å². The molecule has 52 heavy (non-hydrogen) atoms. The summed E-state index contributed by atoms with van der Waals surface area (Å²) in [5.74, 6) is -2.92. The van der Waals surface area contributed by atoms with E-state index in [0.717, 1.165) is 24.3 Å². The lowest BCUT2D eigenvalue weighted by molar-refractivity contribution is -0.220. The van der Waals surface area contributed by atoms with Gasteiger partial charge in [-0.1, -0.05) is 24.3 Å². The molecule has 7 N–H and O–H groups in total. The van der Waals surface area contributed by atoms with Crippen LogP contribution in [-0.4, -0.2) is 135 Å². The van der Waals surface area contributed by atoms with E-state index in [9.17, 15) is 54.9 Å². The standard InChI is InChI=1S/C36H58O16/c1-5-10-30(42)48-22-26(38)18-35(47,19-27(39)23-49-31(43)11-6-2)16-14-34(46)52-36(15-9-17-37,20-28(40)24-50-32(44)12-7-3)21-29(41)25-51-33(45)13-8-4/h5-8,10-13,26-29,34,37-41,46-47H,9,14-25H2,1-4H3. The van der Waals surface area contributed by atoms with Crippen molar-refractivity contribution in [3.8, 4) is 0 Å². The Morgan fingerprint density at radius 1 is 0.558 bits per heavy atom. The number of ether oxygens (including phenoxy) is 5. The van der Waals surface area contributed by atoms with E-state index in [1.807, 2.05) is 0 Å². The fourth-order valence-corrected chi connectivity index (χ4v) is 5.29. The van der Waals surface area contributed by atoms with Crippen LogP contribution in [0.2, 0.25) is 0 Å². The zero-order valence-corrected chi connectivity index (χ0v) is 30.5. The van der Waals surface area contributed by atoms with E-state index in [-0.39, 0.29) is 45.1 Å². The van der Waals surface area contributed by atoms with Crippen molar-refractivity contribution in [2.45, 2.75) is 121 Å². The van der Waals surface area contributed by atoms with Crippen molar-refractivity contribution in [3.05, 3.63) is 48.6 Å². The van der Waals surface area contributed by atoms with Crippen molar-refractivity contribution in [2.24, 2.45) is 0 Å². The van der Waals surface area contributed by atoms with Gasteiger partial charge in [-0.2, -0.15) is 0 Å². The van der Waals surface area contributed by atoms with E-state index in [1.54, 1.807) is 27.7 Å². The predicted octanol–water partition coefficient (Wildman–Crippen LogP) is 0.825. The van der Waals surface area contributed by atoms with Gasteiger partial charge in [-0.25, -0.2) is 19.2 Å². The Kier molecular flexibility index (Phi) is 25.4. The number of carbonyl (C=O) groups is 4. The summed E-state index contributed by atoms with van der Waals surface area (Å²) in [4.78, 5) is 47.2. The molecule has 0 heterocycles. The van der Waals surface area contributed by atoms with Crippen LogP contribution < -0.4 is 0 Å². The average Bonchev–Trinajstić information content (AvgIpc) is 3.07. The molecule has 0 aliphatic heterocycles. The highest BCUT2D eigenvalue weighted by molar-refractivity contribution is 5.82. The van der Waals surface area contributed by atoms with E-state index in [0.29, 0.717) is 0 Å². The molecule has 0 saturated carbocycles. The summed E-state index contributed by atoms with van der Waals surface area (Å²) in [7, 11) is 0. The van der Waals surface area contributed by atoms with Gasteiger partial charge in [0.2, 0.25) is 0 Å². The molecule has 0 amide bonds. The summed E-state index contributed by atoms with van der Waals surface area (Å²) in [6.45, 7) is 4.06. The van der Waals surface area contributed by atoms with Crippen molar-refractivity contribution in [2.75, 3.05) is 33.0 Å². The lowest BCUT2D eigenvalue weighted by atomic mass is 9.84. The number of hydrogen-bond donors (Lipinski definition) is 7. The second kappa shape index (κ2) is 27.2. The normalized spacial score (nSPS) is 17.4. The van der Waals surface area contributed by atoms with Crippen LogP contribution in [0.15, 0.2) is 48.6 Å². The van der Waals surface area contributed by atoms with Crippen molar-refractivity contribution in [1.82, 2.24) is 0 Å². The largest absolute Gasteiger partial charge is 0.460 e. The van der Waals surface area contributed by atoms with Gasteiger partial charge in [0.15, 0.2) is 6.29 Å². The first-order chi connectivity index (χ1) is 24.6. The van der Waals surface area contributed by atoms with Gasteiger partial charge in [0.25, 0.3) is 0 Å². The molecular formula is C36H58O16. The van der Waals surface area contributed by atoms with Crippen molar-refractivity contribution in [3.63, 3.8) is 0 Å². The highest BCUT2D eigenvalue weighted by atomic mass is 16.6. The highest BCUT2D eigenvalue weighted by Crippen LogP contribution is 2.34. The molecule has 0 saturated heterocycles. The Labute approximate surface area is 305 Å². The Bertz CT molecular complexity index is 1090. The van der Waals surface area contributed by atoms with Crippen LogP contribution in [0, 0.1) is 0 Å². The van der Waals surface area contributed by atoms with Crippen LogP contribution >= 0.6 is 0 Å². The number of aliphatic hydroxyl groups is 7. The molecule has 0 aliphatic rings. The van der Waals surface area contributed by atoms with Crippen molar-refractivity contribution >= 4 is 23.9 Å². The van der Waals surface area contributed by atoms with E-state index >= 15 is 0 Å². The summed E-state index contributed by atoms with van der Waals surface area (Å²) >= 11 is 0. The van der Waals surface area contributed by atoms with Crippen molar-refractivity contribution < 1.29 is 78.6 Å². The van der Waals surface area contributed by atoms with Gasteiger partial charge in [0.05, 0.1) is 35.6 Å². The van der Waals surface area contributed by atoms with Gasteiger partial charge in [-0.05, 0) is 47.0 Å². The van der Waals surface area contributed by atoms with E-state index in [4.69, 9.17) is 23.7 Å². The number of carbonyl (C=O) groups excluding carboxylic acids is 4. The predicted molar refractivity (Wildman–Crippen MR) is 186 cm³/mol. The first kappa shape index (κ1) is 48.5. The third-order valence-corrected chi connectivity index (χ3v) is 7.36. The minimum Gasteiger partial charge on any atom is -0.460 e. The summed E-state index contributed by atoms with van der Waals surface area (Å²) in [5.41, 5.74) is -3.56. The maximum atomic E-state index is 11.8. The molecule has 0 fully saturated rings. The van der Waals surface area contributed by atoms with Gasteiger partial charge < -0.3 is 59.4 Å². The Hall–Kier alpha value is -3.48. The van der Waals surface area contributed by atoms with Gasteiger partial charge in [-0.15, -0.1) is 0 Å². The van der Waals surface area contributed by atoms with Crippen LogP contribution in [0.5, 0.6) is 0 Å². The number of esters is 4. The van der Waals surface area contributed by atoms with Gasteiger partial charge >= 0.3 is 23.9 Å². The molecule has 5 atom stereocenters. The number of hydrogen-bond acceptors (Lipinski definition) is 16. The Balaban J connectivity index is 6.21. The molecule has 298 valence electrons. The number of rotatable bonds is 28. The number of allylic oxidation sites excluding steroid dienone is 4. The van der Waals surface area contributed by atoms with Crippen LogP contribution in [0.4, 0.5) is 0 Å². The molecule has 0 radical (unpaired) electrons. The molecular weight excluding hydrogens is 688 g/mol. The molecule has 0 bridgehead atoms. The minimum atomic E-state index is -1.95. The smallest absolute Gasteiger partial charge is 0.330 e. The molecule has 0 aromatic carbocycles. The van der Waals surface area contributed by atoms with E-state index in [1.165, 1.54) is 24.3 Å². The lowest BCUT2D eigenvalue weighted by Crippen LogP contribution is -2.46. The maximum Gasteiger partial charge on any atom is 0.330 e. The molecule has 0 aliphatic carbocycles. The van der Waals surface area contributed by atoms with Gasteiger partial charge in [-0.3, -0.25) is 0 Å². The third-order valence-electron chi connectivity index (χ3n) is 7.36. The molecule has 0 rings (SSSR count). The third kappa shape index (κ3) is 23.2. The van der Waals surface area contributed by atoms with Crippen LogP contribution in [0.1, 0.15) is 79.1 Å². The molecule has 0 spiro atoms. The van der Waals surface area contributed by atoms with E-state index in [2.05, 4.69) is 0 Å². The minimum absolute atomic E-state index is 0.0445. The quantitative estimate of drug-likeness (QED) is 0.0253. The molecule has 16 nitrogen and oxygen atoms in total. The summed E-state index contributed by atoms with van der Waals surface area (Å²) in [5, 5.41) is 75.3. The topological polar surface area (TPSA) is 256 Å². The molecule has 0 aromatic heterocycles. The zero-order valence-electron chi connectivity index (χ0n) is 30.5. The average molecular weight is 747 g/mol. The highest BCUT2D eigenvalue weighted by Gasteiger charge is 2.40. The number of aliphatic hydroxyl groups excluding tert-OH is 6. The second-order valence-corrected chi connectivity index (χ2v) is 12.3. The second-order valence-electron chi connectivity index (χ2n) is 12.3. The Morgan fingerprint density at radius 2 is 0.885 bits per heavy atom. The van der Waals surface area contributed by atoms with Gasteiger partial charge in [0.1, 0.15) is 26.4 Å². The van der Waals surface area contributed by atoms with Crippen LogP contribution in [0.3, 0.4) is 0 Å². The van der Waals surface area contributed by atoms with Gasteiger partial charge in [0, 0.05) is 63.0 Å². The molecule has 0 aromatic rings. The fourth-order valence-electron chi connectivity index (χ4n) is 5.29. The summed E-state index contributed by atoms with van der Waals surface area (Å²) < 4.78 is 26.0. The zero-order chi connectivity index (χ0) is 39.6. The lowest BCUT2D eigenvalue weighted by Gasteiger charge is -2.39. The monoisotopic (exact) mass is 746 g/mol. The van der Waals surface area contributed by atoms with Crippen molar-refractivity contribution in [1.29, 1.82) is 0 Å².